The first-order chi connectivity index (χ1) is 12.2. The second-order valence-corrected chi connectivity index (χ2v) is 6.63. The Morgan fingerprint density at radius 1 is 1.08 bits per heavy atom. The summed E-state index contributed by atoms with van der Waals surface area (Å²) in [6, 6.07) is 8.16. The van der Waals surface area contributed by atoms with Gasteiger partial charge in [0.25, 0.3) is 0 Å². The van der Waals surface area contributed by atoms with Crippen molar-refractivity contribution in [2.24, 2.45) is 0 Å². The van der Waals surface area contributed by atoms with Crippen LogP contribution in [0.3, 0.4) is 0 Å². The second kappa shape index (κ2) is 10.6. The Morgan fingerprint density at radius 3 is 2.31 bits per heavy atom. The van der Waals surface area contributed by atoms with Crippen LogP contribution in [0.4, 0.5) is 4.79 Å². The van der Waals surface area contributed by atoms with Gasteiger partial charge in [-0.05, 0) is 33.3 Å². The number of nitrogens with one attached hydrogen (secondary N) is 1. The molecule has 0 bridgehead atoms. The van der Waals surface area contributed by atoms with Gasteiger partial charge in [0.05, 0.1) is 18.8 Å². The van der Waals surface area contributed by atoms with E-state index >= 15 is 0 Å². The van der Waals surface area contributed by atoms with Crippen molar-refractivity contribution in [1.82, 2.24) is 5.32 Å². The van der Waals surface area contributed by atoms with Gasteiger partial charge in [-0.25, -0.2) is 4.79 Å². The second-order valence-electron chi connectivity index (χ2n) is 6.63. The summed E-state index contributed by atoms with van der Waals surface area (Å²) in [4.78, 5) is 35.8. The Bertz CT molecular complexity index is 594. The van der Waals surface area contributed by atoms with E-state index in [2.05, 4.69) is 5.32 Å². The number of Topliss-reactive ketones (excluding diaryl/α,β-unsaturated/α-hetero) is 1. The first-order valence-corrected chi connectivity index (χ1v) is 8.50. The highest BCUT2D eigenvalue weighted by Crippen LogP contribution is 2.09. The van der Waals surface area contributed by atoms with Gasteiger partial charge in [0, 0.05) is 0 Å². The molecule has 144 valence electrons. The maximum atomic E-state index is 12.3. The van der Waals surface area contributed by atoms with E-state index in [1.807, 2.05) is 51.1 Å². The first kappa shape index (κ1) is 21.6. The van der Waals surface area contributed by atoms with Gasteiger partial charge in [0.2, 0.25) is 0 Å². The molecule has 0 spiro atoms. The van der Waals surface area contributed by atoms with Gasteiger partial charge in [-0.2, -0.15) is 0 Å². The molecule has 7 nitrogen and oxygen atoms in total. The summed E-state index contributed by atoms with van der Waals surface area (Å²) < 4.78 is 15.5. The zero-order valence-electron chi connectivity index (χ0n) is 15.7. The summed E-state index contributed by atoms with van der Waals surface area (Å²) in [6.07, 6.45) is -1.20. The van der Waals surface area contributed by atoms with Crippen molar-refractivity contribution in [2.75, 3.05) is 13.2 Å². The van der Waals surface area contributed by atoms with Crippen molar-refractivity contribution < 1.29 is 28.6 Å². The molecule has 0 aliphatic carbocycles. The summed E-state index contributed by atoms with van der Waals surface area (Å²) in [5.74, 6) is -1.14. The normalized spacial score (nSPS) is 12.2. The fourth-order valence-electron chi connectivity index (χ4n) is 1.93. The van der Waals surface area contributed by atoms with Gasteiger partial charge in [-0.1, -0.05) is 30.3 Å². The Morgan fingerprint density at radius 2 is 1.73 bits per heavy atom. The predicted octanol–water partition coefficient (Wildman–Crippen LogP) is 2.62. The van der Waals surface area contributed by atoms with E-state index in [9.17, 15) is 14.4 Å². The third-order valence-electron chi connectivity index (χ3n) is 3.20. The van der Waals surface area contributed by atoms with E-state index < -0.39 is 35.9 Å². The number of carbonyl (C=O) groups is 3. The van der Waals surface area contributed by atoms with Crippen LogP contribution in [-0.4, -0.2) is 42.7 Å². The average Bonchev–Trinajstić information content (AvgIpc) is 2.57. The minimum Gasteiger partial charge on any atom is -0.466 e. The van der Waals surface area contributed by atoms with Crippen LogP contribution < -0.4 is 5.32 Å². The number of amides is 1. The largest absolute Gasteiger partial charge is 0.466 e. The van der Waals surface area contributed by atoms with Gasteiger partial charge >= 0.3 is 12.1 Å². The van der Waals surface area contributed by atoms with Crippen LogP contribution in [0, 0.1) is 0 Å². The number of carbonyl (C=O) groups excluding carboxylic acids is 3. The quantitative estimate of drug-likeness (QED) is 0.534. The molecule has 0 saturated carbocycles. The zero-order valence-corrected chi connectivity index (χ0v) is 15.7. The van der Waals surface area contributed by atoms with Crippen LogP contribution in [-0.2, 0) is 30.4 Å². The van der Waals surface area contributed by atoms with E-state index in [1.54, 1.807) is 6.92 Å². The van der Waals surface area contributed by atoms with E-state index in [4.69, 9.17) is 14.2 Å². The molecule has 1 rings (SSSR count). The standard InChI is InChI=1S/C19H27NO6/c1-5-24-17(22)11-16(21)15(13-26-19(2,3)4)20-18(23)25-12-14-9-7-6-8-10-14/h6-10,15H,5,11-13H2,1-4H3,(H,20,23)/t15-/m0/s1. The van der Waals surface area contributed by atoms with E-state index in [-0.39, 0.29) is 19.8 Å². The molecule has 26 heavy (non-hydrogen) atoms. The van der Waals surface area contributed by atoms with Crippen molar-refractivity contribution >= 4 is 17.8 Å². The SMILES string of the molecule is CCOC(=O)CC(=O)[C@H](COC(C)(C)C)NC(=O)OCc1ccccc1. The van der Waals surface area contributed by atoms with Crippen LogP contribution in [0.1, 0.15) is 39.7 Å². The summed E-state index contributed by atoms with van der Waals surface area (Å²) in [5.41, 5.74) is 0.320. The van der Waals surface area contributed by atoms with Crippen LogP contribution >= 0.6 is 0 Å². The third-order valence-corrected chi connectivity index (χ3v) is 3.20. The Kier molecular flexibility index (Phi) is 8.78. The number of hydrogen-bond donors (Lipinski definition) is 1. The van der Waals surface area contributed by atoms with Gasteiger partial charge < -0.3 is 19.5 Å². The maximum Gasteiger partial charge on any atom is 0.408 e. The van der Waals surface area contributed by atoms with E-state index in [1.165, 1.54) is 0 Å². The molecule has 0 aromatic heterocycles. The highest BCUT2D eigenvalue weighted by atomic mass is 16.6. The molecule has 1 N–H and O–H groups in total. The molecule has 0 aliphatic heterocycles. The van der Waals surface area contributed by atoms with Gasteiger partial charge in [-0.3, -0.25) is 9.59 Å². The number of ether oxygens (including phenoxy) is 3. The number of rotatable bonds is 9. The highest BCUT2D eigenvalue weighted by Gasteiger charge is 2.26. The lowest BCUT2D eigenvalue weighted by Crippen LogP contribution is -2.46. The van der Waals surface area contributed by atoms with Gasteiger partial charge in [0.15, 0.2) is 5.78 Å². The molecule has 1 aromatic rings. The lowest BCUT2D eigenvalue weighted by molar-refractivity contribution is -0.146. The molecule has 7 heteroatoms. The summed E-state index contributed by atoms with van der Waals surface area (Å²) in [5, 5.41) is 2.46. The minimum atomic E-state index is -0.998. The maximum absolute atomic E-state index is 12.3. The van der Waals surface area contributed by atoms with Crippen molar-refractivity contribution in [3.8, 4) is 0 Å². The zero-order chi connectivity index (χ0) is 19.6. The topological polar surface area (TPSA) is 90.9 Å². The number of ketones is 1. The van der Waals surface area contributed by atoms with Crippen molar-refractivity contribution in [3.63, 3.8) is 0 Å². The number of benzene rings is 1. The Labute approximate surface area is 154 Å². The molecule has 1 amide bonds. The van der Waals surface area contributed by atoms with E-state index in [0.717, 1.165) is 5.56 Å². The molecular formula is C19H27NO6. The predicted molar refractivity (Wildman–Crippen MR) is 95.5 cm³/mol. The minimum absolute atomic E-state index is 0.0673. The van der Waals surface area contributed by atoms with Crippen molar-refractivity contribution in [3.05, 3.63) is 35.9 Å². The molecule has 0 unspecified atom stereocenters. The molecular weight excluding hydrogens is 338 g/mol. The number of esters is 1. The van der Waals surface area contributed by atoms with Crippen molar-refractivity contribution in [2.45, 2.75) is 52.4 Å². The molecule has 0 radical (unpaired) electrons. The van der Waals surface area contributed by atoms with E-state index in [0.29, 0.717) is 0 Å². The lowest BCUT2D eigenvalue weighted by atomic mass is 10.1. The molecule has 1 aromatic carbocycles. The van der Waals surface area contributed by atoms with Crippen LogP contribution in [0.25, 0.3) is 0 Å². The van der Waals surface area contributed by atoms with Gasteiger partial charge in [0.1, 0.15) is 19.1 Å². The van der Waals surface area contributed by atoms with Crippen LogP contribution in [0.2, 0.25) is 0 Å². The van der Waals surface area contributed by atoms with Crippen molar-refractivity contribution in [1.29, 1.82) is 0 Å². The number of hydrogen-bond acceptors (Lipinski definition) is 6. The first-order valence-electron chi connectivity index (χ1n) is 8.50. The lowest BCUT2D eigenvalue weighted by Gasteiger charge is -2.24. The van der Waals surface area contributed by atoms with Crippen LogP contribution in [0.15, 0.2) is 30.3 Å². The molecule has 0 saturated heterocycles. The summed E-state index contributed by atoms with van der Waals surface area (Å²) in [6.45, 7) is 7.33. The Hall–Kier alpha value is -2.41. The smallest absolute Gasteiger partial charge is 0.408 e. The van der Waals surface area contributed by atoms with Crippen LogP contribution in [0.5, 0.6) is 0 Å². The van der Waals surface area contributed by atoms with Gasteiger partial charge in [-0.15, -0.1) is 0 Å². The molecule has 1 atom stereocenters. The fraction of sp³-hybridized carbons (Fsp3) is 0.526. The number of alkyl carbamates (subject to hydrolysis) is 1. The summed E-state index contributed by atoms with van der Waals surface area (Å²) in [7, 11) is 0. The Balaban J connectivity index is 2.63. The monoisotopic (exact) mass is 365 g/mol. The summed E-state index contributed by atoms with van der Waals surface area (Å²) >= 11 is 0. The third kappa shape index (κ3) is 9.17. The molecule has 0 aliphatic rings. The molecule has 0 fully saturated rings. The fourth-order valence-corrected chi connectivity index (χ4v) is 1.93. The highest BCUT2D eigenvalue weighted by molar-refractivity contribution is 5.99. The average molecular weight is 365 g/mol. The molecule has 0 heterocycles.